The van der Waals surface area contributed by atoms with Crippen LogP contribution in [0.5, 0.6) is 0 Å². The molecule has 0 unspecified atom stereocenters. The summed E-state index contributed by atoms with van der Waals surface area (Å²) in [5, 5.41) is 26.3. The van der Waals surface area contributed by atoms with E-state index in [0.717, 1.165) is 57.7 Å². The van der Waals surface area contributed by atoms with Crippen LogP contribution in [0.25, 0.3) is 20.4 Å². The summed E-state index contributed by atoms with van der Waals surface area (Å²) in [6.45, 7) is 0.503. The van der Waals surface area contributed by atoms with E-state index in [2.05, 4.69) is 27.6 Å². The van der Waals surface area contributed by atoms with Gasteiger partial charge in [-0.2, -0.15) is 0 Å². The Morgan fingerprint density at radius 1 is 0.894 bits per heavy atom. The first-order valence-corrected chi connectivity index (χ1v) is 18.2. The average molecular weight is 919 g/mol. The summed E-state index contributed by atoms with van der Waals surface area (Å²) in [6.07, 6.45) is 4.95. The molecule has 1 saturated heterocycles. The fraction of sp³-hybridized carbons (Fsp3) is 0.321. The molecular formula is C28H28ClCuIK2N3O9S2. The number of para-hydroxylation sites is 2. The molecule has 0 bridgehead atoms. The van der Waals surface area contributed by atoms with Crippen molar-refractivity contribution >= 4 is 110 Å². The minimum Gasteiger partial charge on any atom is -1.00 e. The number of hydrogen-bond donors (Lipinski definition) is 2. The molecule has 1 aliphatic carbocycles. The molecule has 0 amide bonds. The van der Waals surface area contributed by atoms with Crippen molar-refractivity contribution in [2.24, 2.45) is 5.92 Å². The number of aliphatic carboxylic acids is 2. The van der Waals surface area contributed by atoms with Crippen molar-refractivity contribution in [3.63, 3.8) is 0 Å². The maximum absolute atomic E-state index is 11.7. The van der Waals surface area contributed by atoms with Crippen LogP contribution < -0.4 is 113 Å². The number of rotatable bonds is 6. The maximum Gasteiger partial charge on any atom is 1.00 e. The molecule has 1 atom stereocenters. The minimum atomic E-state index is -1.36. The van der Waals surface area contributed by atoms with Crippen LogP contribution in [0.4, 0.5) is 5.13 Å². The Kier molecular flexibility index (Phi) is 26.6. The monoisotopic (exact) mass is 917 g/mol. The van der Waals surface area contributed by atoms with E-state index in [1.54, 1.807) is 20.3 Å². The molecule has 0 radical (unpaired) electrons. The van der Waals surface area contributed by atoms with Gasteiger partial charge in [-0.15, -0.1) is 11.3 Å². The van der Waals surface area contributed by atoms with E-state index in [1.807, 2.05) is 53.4 Å². The zero-order chi connectivity index (χ0) is 33.4. The molecule has 1 saturated carbocycles. The number of ketones is 2. The van der Waals surface area contributed by atoms with Gasteiger partial charge in [-0.1, -0.05) is 60.0 Å². The number of halogens is 2. The smallest absolute Gasteiger partial charge is 1.00 e. The number of thiazole rings is 2. The van der Waals surface area contributed by atoms with Crippen molar-refractivity contribution in [2.45, 2.75) is 44.6 Å². The van der Waals surface area contributed by atoms with Gasteiger partial charge in [0.25, 0.3) is 12.3 Å². The summed E-state index contributed by atoms with van der Waals surface area (Å²) < 4.78 is 2.81. The number of benzene rings is 2. The van der Waals surface area contributed by atoms with Crippen LogP contribution in [0.3, 0.4) is 0 Å². The summed E-state index contributed by atoms with van der Waals surface area (Å²) in [5.74, 6) is -4.16. The van der Waals surface area contributed by atoms with E-state index < -0.39 is 29.5 Å². The van der Waals surface area contributed by atoms with Gasteiger partial charge >= 0.3 is 148 Å². The van der Waals surface area contributed by atoms with Crippen LogP contribution in [-0.2, 0) is 41.6 Å². The largest absolute Gasteiger partial charge is 1.00 e. The molecule has 3 heterocycles. The third-order valence-electron chi connectivity index (χ3n) is 6.54. The molecule has 2 aromatic heterocycles. The average Bonchev–Trinajstić information content (AvgIpc) is 3.87. The molecule has 4 aromatic rings. The Hall–Kier alpha value is 0.542. The first-order chi connectivity index (χ1) is 21.7. The van der Waals surface area contributed by atoms with Crippen LogP contribution in [0, 0.1) is 5.92 Å². The van der Waals surface area contributed by atoms with E-state index in [1.165, 1.54) is 22.7 Å². The Labute approximate surface area is 389 Å². The summed E-state index contributed by atoms with van der Waals surface area (Å²) in [7, 11) is 0. The predicted octanol–water partition coefficient (Wildman–Crippen LogP) is -0.863. The van der Waals surface area contributed by atoms with Crippen LogP contribution in [0.1, 0.15) is 40.0 Å². The predicted molar refractivity (Wildman–Crippen MR) is 174 cm³/mol. The minimum absolute atomic E-state index is 0. The first-order valence-electron chi connectivity index (χ1n) is 13.2. The van der Waals surface area contributed by atoms with Gasteiger partial charge in [-0.05, 0) is 49.9 Å². The van der Waals surface area contributed by atoms with Gasteiger partial charge in [0.15, 0.2) is 9.60 Å². The van der Waals surface area contributed by atoms with Crippen molar-refractivity contribution in [1.82, 2.24) is 9.97 Å². The van der Waals surface area contributed by atoms with Gasteiger partial charge in [0.1, 0.15) is 6.04 Å². The fourth-order valence-electron chi connectivity index (χ4n) is 4.60. The van der Waals surface area contributed by atoms with Gasteiger partial charge in [0.2, 0.25) is 5.78 Å². The quantitative estimate of drug-likeness (QED) is 0.0610. The van der Waals surface area contributed by atoms with Gasteiger partial charge in [0, 0.05) is 12.5 Å². The number of carboxylic acids is 2. The van der Waals surface area contributed by atoms with Crippen molar-refractivity contribution in [3.05, 3.63) is 53.0 Å². The van der Waals surface area contributed by atoms with Gasteiger partial charge < -0.3 is 26.7 Å². The molecule has 19 heteroatoms. The topological polar surface area (TPSA) is 187 Å². The molecule has 248 valence electrons. The maximum atomic E-state index is 11.7. The molecule has 2 aromatic carbocycles. The van der Waals surface area contributed by atoms with Crippen LogP contribution in [0.2, 0.25) is 4.47 Å². The Balaban J connectivity index is 0. The van der Waals surface area contributed by atoms with E-state index in [4.69, 9.17) is 31.9 Å². The number of fused-ring (bicyclic) bond motifs is 2. The zero-order valence-corrected chi connectivity index (χ0v) is 37.0. The second-order valence-corrected chi connectivity index (χ2v) is 11.9. The number of anilines is 1. The fourth-order valence-corrected chi connectivity index (χ4v) is 6.67. The van der Waals surface area contributed by atoms with E-state index in [0.29, 0.717) is 17.4 Å². The van der Waals surface area contributed by atoms with Gasteiger partial charge in [0.05, 0.1) is 20.4 Å². The zero-order valence-electron chi connectivity index (χ0n) is 26.3. The Morgan fingerprint density at radius 2 is 1.38 bits per heavy atom. The van der Waals surface area contributed by atoms with Gasteiger partial charge in [-0.25, -0.2) is 19.6 Å². The molecule has 47 heavy (non-hydrogen) atoms. The Bertz CT molecular complexity index is 1540. The number of Topliss-reactive ketones (excluding diaryl/α,β-unsaturated/α-hetero) is 2. The molecule has 2 aliphatic rings. The molecule has 12 nitrogen and oxygen atoms in total. The van der Waals surface area contributed by atoms with Crippen LogP contribution in [0.15, 0.2) is 48.5 Å². The number of hydrogen-bond acceptors (Lipinski definition) is 12. The molecule has 1 aliphatic heterocycles. The Morgan fingerprint density at radius 3 is 1.85 bits per heavy atom. The van der Waals surface area contributed by atoms with Crippen molar-refractivity contribution in [3.8, 4) is 0 Å². The second-order valence-electron chi connectivity index (χ2n) is 9.26. The van der Waals surface area contributed by atoms with E-state index >= 15 is 0 Å². The van der Waals surface area contributed by atoms with Crippen LogP contribution >= 0.6 is 54.6 Å². The number of carbonyl (C=O) groups is 5. The van der Waals surface area contributed by atoms with Gasteiger partial charge in [-0.3, -0.25) is 14.4 Å². The van der Waals surface area contributed by atoms with Crippen molar-refractivity contribution in [1.29, 1.82) is 0 Å². The number of aromatic nitrogens is 2. The summed E-state index contributed by atoms with van der Waals surface area (Å²) >= 11 is 14.6. The summed E-state index contributed by atoms with van der Waals surface area (Å²) in [5.41, 5.74) is 1.87. The SMILES string of the molecule is Clc1nc2ccccc2s1.O=C(O)C(=O)C1CCCC1.O=C(O)C(=O)[C@@H]1CCCN1c1nc2ccccc2s1.O=CO[O-].[Cu][I].[H-].[K+].[K+]. The molecule has 2 N–H and O–H groups in total. The number of nitrogens with zero attached hydrogens (tertiary/aromatic N) is 3. The standard InChI is InChI=1S/C13H12N2O3S.C7H4ClNS.C7H10O3.CH2O3.Cu.HI.2K.H/c16-11(12(17)18)9-5-3-7-15(9)13-14-8-4-1-2-6-10(8)19-13;8-7-9-5-3-1-2-4-6(5)10-7;8-6(7(9)10)5-3-1-2-4-5;2-1-4-3;;;;;/h1-2,4,6,9H,3,5,7H2,(H,17,18);1-4H;5H,1-4H2,(H,9,10);1,3H;;1H;;;/q;;;;+1;;2*+1;-1/p-2/t9-;;;;;;;;/m0......../s1. The second kappa shape index (κ2) is 26.3. The van der Waals surface area contributed by atoms with Crippen molar-refractivity contribution < 1.29 is 161 Å². The number of carbonyl (C=O) groups excluding carboxylic acids is 3. The van der Waals surface area contributed by atoms with E-state index in [-0.39, 0.29) is 117 Å². The first kappa shape index (κ1) is 47.5. The molecule has 0 spiro atoms. The summed E-state index contributed by atoms with van der Waals surface area (Å²) in [6, 6.07) is 15.1. The molecule has 6 rings (SSSR count). The third kappa shape index (κ3) is 15.8. The normalized spacial score (nSPS) is 14.6. The number of carboxylic acid groups (broad SMARTS) is 2. The third-order valence-corrected chi connectivity index (χ3v) is 8.75. The molecule has 2 fully saturated rings. The van der Waals surface area contributed by atoms with Crippen molar-refractivity contribution in [2.75, 3.05) is 11.4 Å². The van der Waals surface area contributed by atoms with E-state index in [9.17, 15) is 19.2 Å². The van der Waals surface area contributed by atoms with Crippen LogP contribution in [-0.4, -0.2) is 62.7 Å². The molecular weight excluding hydrogens is 891 g/mol. The summed E-state index contributed by atoms with van der Waals surface area (Å²) in [4.78, 5) is 65.1.